The average molecular weight is 898 g/mol. The van der Waals surface area contributed by atoms with E-state index in [1.807, 2.05) is 11.0 Å². The van der Waals surface area contributed by atoms with Crippen LogP contribution in [0.25, 0.3) is 38.8 Å². The number of aliphatic imine (C=N–C) groups is 1. The molecule has 338 valence electrons. The maximum absolute atomic E-state index is 14.1. The van der Waals surface area contributed by atoms with E-state index in [0.29, 0.717) is 128 Å². The van der Waals surface area contributed by atoms with Crippen molar-refractivity contribution in [2.75, 3.05) is 53.7 Å². The summed E-state index contributed by atoms with van der Waals surface area (Å²) >= 11 is 6.93. The van der Waals surface area contributed by atoms with Gasteiger partial charge in [0.15, 0.2) is 0 Å². The quantitative estimate of drug-likeness (QED) is 0.154. The summed E-state index contributed by atoms with van der Waals surface area (Å²) in [5.74, 6) is 0.141. The van der Waals surface area contributed by atoms with Crippen LogP contribution < -0.4 is 16.1 Å². The molecule has 0 spiro atoms. The third kappa shape index (κ3) is 8.60. The Morgan fingerprint density at radius 2 is 1.39 bits per heavy atom. The summed E-state index contributed by atoms with van der Waals surface area (Å²) in [5, 5.41) is 6.65. The van der Waals surface area contributed by atoms with Gasteiger partial charge >= 0.3 is 12.2 Å². The third-order valence-electron chi connectivity index (χ3n) is 13.5. The van der Waals surface area contributed by atoms with Gasteiger partial charge in [-0.05, 0) is 99.1 Å². The minimum absolute atomic E-state index is 0.0691. The number of hydrogen-bond donors (Lipinski definition) is 3. The predicted molar refractivity (Wildman–Crippen MR) is 237 cm³/mol. The van der Waals surface area contributed by atoms with Crippen molar-refractivity contribution < 1.29 is 42.5 Å². The van der Waals surface area contributed by atoms with Gasteiger partial charge in [-0.25, -0.2) is 14.6 Å². The standard InChI is InChI=1S/C46H52ClN7O10/c1-60-45(58)51-39(25-9-15-62-16-10-25)43(56)53-13-3-5-35(53)33-20-28(23-48-33)29-22-38-31(21-32(29)47)41(55)30-19-27(7-8-37(30)64-38)34-24-49-42(50-34)36-6-4-14-54(36)44(57)40(52-46(59)61-2)26-11-17-63-18-12-26/h7-8,19,21-26,35-36,39-40H,3-6,9-18,20H2,1-2H3,(H,49,50)(H,51,58)(H,52,59)/t35-,36-,39-,40-/m0/s1. The molecule has 4 aromatic rings. The predicted octanol–water partition coefficient (Wildman–Crippen LogP) is 6.13. The summed E-state index contributed by atoms with van der Waals surface area (Å²) in [7, 11) is 2.57. The molecule has 9 rings (SSSR count). The molecule has 0 unspecified atom stereocenters. The number of alkyl carbamates (subject to hydrolysis) is 2. The smallest absolute Gasteiger partial charge is 0.407 e. The molecule has 64 heavy (non-hydrogen) atoms. The first-order valence-corrected chi connectivity index (χ1v) is 22.5. The Labute approximate surface area is 373 Å². The zero-order valence-corrected chi connectivity index (χ0v) is 36.6. The molecule has 3 N–H and O–H groups in total. The molecule has 0 saturated carbocycles. The first kappa shape index (κ1) is 43.5. The number of H-pyrrole nitrogens is 1. The molecule has 4 amide bonds. The van der Waals surface area contributed by atoms with Crippen molar-refractivity contribution >= 4 is 68.8 Å². The summed E-state index contributed by atoms with van der Waals surface area (Å²) < 4.78 is 27.1. The number of rotatable bonds is 10. The number of hydrogen-bond acceptors (Lipinski definition) is 12. The van der Waals surface area contributed by atoms with E-state index < -0.39 is 24.3 Å². The number of carbonyl (C=O) groups excluding carboxylic acids is 4. The van der Waals surface area contributed by atoms with Gasteiger partial charge in [0.25, 0.3) is 0 Å². The lowest BCUT2D eigenvalue weighted by Gasteiger charge is -2.34. The number of nitrogens with zero attached hydrogens (tertiary/aromatic N) is 4. The number of nitrogens with one attached hydrogen (secondary N) is 3. The van der Waals surface area contributed by atoms with E-state index in [0.717, 1.165) is 30.5 Å². The summed E-state index contributed by atoms with van der Waals surface area (Å²) in [6, 6.07) is 6.74. The van der Waals surface area contributed by atoms with Crippen molar-refractivity contribution in [3.8, 4) is 11.3 Å². The van der Waals surface area contributed by atoms with Gasteiger partial charge < -0.3 is 48.8 Å². The lowest BCUT2D eigenvalue weighted by atomic mass is 9.90. The highest BCUT2D eigenvalue weighted by Gasteiger charge is 2.42. The van der Waals surface area contributed by atoms with Crippen molar-refractivity contribution in [3.05, 3.63) is 69.4 Å². The second kappa shape index (κ2) is 18.7. The second-order valence-corrected chi connectivity index (χ2v) is 17.5. The molecule has 4 fully saturated rings. The van der Waals surface area contributed by atoms with Crippen molar-refractivity contribution in [3.63, 3.8) is 0 Å². The van der Waals surface area contributed by atoms with Crippen LogP contribution in [-0.2, 0) is 28.5 Å². The number of allylic oxidation sites excluding steroid dienone is 1. The van der Waals surface area contributed by atoms with E-state index in [-0.39, 0.29) is 41.2 Å². The van der Waals surface area contributed by atoms with Gasteiger partial charge in [-0.1, -0.05) is 11.6 Å². The summed E-state index contributed by atoms with van der Waals surface area (Å²) in [6.45, 7) is 3.18. The Balaban J connectivity index is 0.913. The highest BCUT2D eigenvalue weighted by molar-refractivity contribution is 6.33. The number of halogens is 1. The zero-order chi connectivity index (χ0) is 44.5. The van der Waals surface area contributed by atoms with Crippen LogP contribution in [0.1, 0.15) is 75.2 Å². The van der Waals surface area contributed by atoms with Crippen molar-refractivity contribution in [2.45, 2.75) is 82.0 Å². The first-order chi connectivity index (χ1) is 31.1. The van der Waals surface area contributed by atoms with Crippen LogP contribution in [0.5, 0.6) is 0 Å². The first-order valence-electron chi connectivity index (χ1n) is 22.1. The fraction of sp³-hybridized carbons (Fsp3) is 0.500. The molecule has 0 bridgehead atoms. The van der Waals surface area contributed by atoms with Gasteiger partial charge in [0.1, 0.15) is 29.1 Å². The molecule has 4 atom stereocenters. The van der Waals surface area contributed by atoms with Crippen molar-refractivity contribution in [1.82, 2.24) is 30.4 Å². The second-order valence-electron chi connectivity index (χ2n) is 17.1. The van der Waals surface area contributed by atoms with E-state index >= 15 is 0 Å². The number of carbonyl (C=O) groups is 4. The highest BCUT2D eigenvalue weighted by atomic mass is 35.5. The van der Waals surface area contributed by atoms with Crippen LogP contribution in [0.4, 0.5) is 9.59 Å². The Bertz CT molecular complexity index is 2580. The number of imidazole rings is 1. The molecular weight excluding hydrogens is 846 g/mol. The Morgan fingerprint density at radius 1 is 0.797 bits per heavy atom. The number of likely N-dealkylation sites (tertiary alicyclic amines) is 2. The Kier molecular flexibility index (Phi) is 12.7. The summed E-state index contributed by atoms with van der Waals surface area (Å²) in [5.41, 5.74) is 4.26. The number of aromatic nitrogens is 2. The number of benzene rings is 2. The van der Waals surface area contributed by atoms with Crippen molar-refractivity contribution in [2.24, 2.45) is 16.8 Å². The van der Waals surface area contributed by atoms with Gasteiger partial charge in [0.05, 0.1) is 49.0 Å². The van der Waals surface area contributed by atoms with Gasteiger partial charge in [0, 0.05) is 74.0 Å². The van der Waals surface area contributed by atoms with Crippen LogP contribution in [0.3, 0.4) is 0 Å². The molecule has 7 heterocycles. The van der Waals surface area contributed by atoms with Crippen molar-refractivity contribution in [1.29, 1.82) is 0 Å². The zero-order valence-electron chi connectivity index (χ0n) is 35.9. The molecule has 4 saturated heterocycles. The molecular formula is C46H52ClN7O10. The van der Waals surface area contributed by atoms with Crippen LogP contribution in [0.15, 0.2) is 56.9 Å². The lowest BCUT2D eigenvalue weighted by molar-refractivity contribution is -0.137. The van der Waals surface area contributed by atoms with Gasteiger partial charge in [-0.15, -0.1) is 0 Å². The number of methoxy groups -OCH3 is 2. The third-order valence-corrected chi connectivity index (χ3v) is 13.8. The van der Waals surface area contributed by atoms with Crippen LogP contribution in [0.2, 0.25) is 5.02 Å². The lowest BCUT2D eigenvalue weighted by Crippen LogP contribution is -2.55. The monoisotopic (exact) mass is 897 g/mol. The molecule has 0 aliphatic carbocycles. The van der Waals surface area contributed by atoms with E-state index in [2.05, 4.69) is 15.6 Å². The van der Waals surface area contributed by atoms with Gasteiger partial charge in [-0.3, -0.25) is 19.4 Å². The maximum atomic E-state index is 14.1. The van der Waals surface area contributed by atoms with Gasteiger partial charge in [0.2, 0.25) is 17.2 Å². The molecule has 2 aromatic heterocycles. The SMILES string of the molecule is COC(=O)N[C@H](C(=O)N1CCC[C@H]1C1=NC=C(c2cc3oc4ccc(-c5cnc([C@@H]6CCCN6C(=O)[C@@H](NC(=O)OC)C6CCOCC6)[nH]5)cc4c(=O)c3cc2Cl)C1)C1CCOCC1. The maximum Gasteiger partial charge on any atom is 0.407 e. The number of ether oxygens (including phenoxy) is 4. The van der Waals surface area contributed by atoms with Gasteiger partial charge in [-0.2, -0.15) is 0 Å². The highest BCUT2D eigenvalue weighted by Crippen LogP contribution is 2.38. The normalized spacial score (nSPS) is 21.7. The molecule has 18 heteroatoms. The molecule has 2 aromatic carbocycles. The summed E-state index contributed by atoms with van der Waals surface area (Å²) in [4.78, 5) is 83.4. The average Bonchev–Trinajstić information content (AvgIpc) is 4.18. The molecule has 0 radical (unpaired) electrons. The molecule has 5 aliphatic rings. The minimum atomic E-state index is -0.744. The van der Waals surface area contributed by atoms with Crippen LogP contribution >= 0.6 is 11.6 Å². The number of fused-ring (bicyclic) bond motifs is 2. The summed E-state index contributed by atoms with van der Waals surface area (Å²) in [6.07, 6.45) is 8.26. The molecule has 17 nitrogen and oxygen atoms in total. The fourth-order valence-corrected chi connectivity index (χ4v) is 10.3. The van der Waals surface area contributed by atoms with E-state index in [1.54, 1.807) is 41.6 Å². The minimum Gasteiger partial charge on any atom is -0.456 e. The molecule has 5 aliphatic heterocycles. The van der Waals surface area contributed by atoms with E-state index in [9.17, 15) is 24.0 Å². The number of aromatic amines is 1. The largest absolute Gasteiger partial charge is 0.456 e. The van der Waals surface area contributed by atoms with E-state index in [1.165, 1.54) is 14.2 Å². The fourth-order valence-electron chi connectivity index (χ4n) is 10.0. The van der Waals surface area contributed by atoms with Crippen LogP contribution in [0, 0.1) is 11.8 Å². The number of amides is 4. The van der Waals surface area contributed by atoms with E-state index in [4.69, 9.17) is 44.9 Å². The van der Waals surface area contributed by atoms with Crippen LogP contribution in [-0.4, -0.2) is 121 Å². The Hall–Kier alpha value is -5.78. The topological polar surface area (TPSA) is 207 Å². The Morgan fingerprint density at radius 3 is 2.02 bits per heavy atom.